The fourth-order valence-electron chi connectivity index (χ4n) is 5.08. The molecule has 1 rings (SSSR count). The molecule has 0 saturated carbocycles. The third kappa shape index (κ3) is 6.28. The number of hydrogen-bond acceptors (Lipinski definition) is 4. The number of quaternary nitrogens is 4. The van der Waals surface area contributed by atoms with E-state index in [4.69, 9.17) is 19.4 Å². The summed E-state index contributed by atoms with van der Waals surface area (Å²) in [7, 11) is 4.67. The van der Waals surface area contributed by atoms with Gasteiger partial charge in [-0.25, -0.2) is 35.3 Å². The summed E-state index contributed by atoms with van der Waals surface area (Å²) >= 11 is 0. The molecule has 0 aromatic carbocycles. The second-order valence-corrected chi connectivity index (χ2v) is 22.4. The minimum atomic E-state index is -0.761. The van der Waals surface area contributed by atoms with Gasteiger partial charge in [-0.1, -0.05) is 27.7 Å². The molecule has 1 heterocycles. The molecule has 0 aromatic rings. The van der Waals surface area contributed by atoms with Crippen molar-refractivity contribution in [3.8, 4) is 0 Å². The molecule has 0 unspecified atom stereocenters. The molecule has 0 spiro atoms. The van der Waals surface area contributed by atoms with Crippen molar-refractivity contribution in [3.63, 3.8) is 0 Å². The van der Waals surface area contributed by atoms with E-state index >= 15 is 0 Å². The van der Waals surface area contributed by atoms with E-state index in [0.29, 0.717) is 0 Å². The molecule has 0 atom stereocenters. The SMILES string of the molecule is CCC[N+]1(OC)[SiH2][N+](CCC)(OC)[SiH2][N+](CCC)(OC)[SiH2][N+](CCC)(OC)[SiH2]1. The van der Waals surface area contributed by atoms with Crippen LogP contribution in [0, 0.1) is 0 Å². The van der Waals surface area contributed by atoms with Crippen molar-refractivity contribution in [2.75, 3.05) is 54.6 Å². The van der Waals surface area contributed by atoms with Crippen LogP contribution in [0.2, 0.25) is 0 Å². The van der Waals surface area contributed by atoms with Gasteiger partial charge in [-0.15, -0.1) is 0 Å². The number of hydrogen-bond donors (Lipinski definition) is 0. The molecular weight excluding hydrogens is 425 g/mol. The van der Waals surface area contributed by atoms with Crippen molar-refractivity contribution in [3.05, 3.63) is 0 Å². The van der Waals surface area contributed by atoms with E-state index < -0.39 is 39.4 Å². The normalized spacial score (nSPS) is 40.3. The summed E-state index contributed by atoms with van der Waals surface area (Å²) < 4.78 is 3.48. The van der Waals surface area contributed by atoms with Gasteiger partial charge < -0.3 is 0 Å². The molecule has 8 nitrogen and oxygen atoms in total. The summed E-state index contributed by atoms with van der Waals surface area (Å²) in [6, 6.07) is 0. The van der Waals surface area contributed by atoms with Crippen LogP contribution >= 0.6 is 0 Å². The molecule has 1 saturated heterocycles. The molecule has 12 heteroatoms. The maximum atomic E-state index is 6.39. The van der Waals surface area contributed by atoms with Crippen LogP contribution in [0.1, 0.15) is 53.4 Å². The Hall–Kier alpha value is 0.548. The first-order valence-electron chi connectivity index (χ1n) is 11.0. The highest BCUT2D eigenvalue weighted by Crippen LogP contribution is 2.27. The maximum absolute atomic E-state index is 6.39. The smallest absolute Gasteiger partial charge is 0.235 e. The fourth-order valence-corrected chi connectivity index (χ4v) is 27.0. The topological polar surface area (TPSA) is 36.9 Å². The zero-order valence-electron chi connectivity index (χ0n) is 19.9. The van der Waals surface area contributed by atoms with E-state index in [0.717, 1.165) is 67.8 Å². The Morgan fingerprint density at radius 1 is 0.429 bits per heavy atom. The number of nitrogens with zero attached hydrogens (tertiary/aromatic N) is 4. The highest BCUT2D eigenvalue weighted by molar-refractivity contribution is 6.46. The Balaban J connectivity index is 3.56. The van der Waals surface area contributed by atoms with Gasteiger partial charge in [-0.2, -0.15) is 0 Å². The van der Waals surface area contributed by atoms with Gasteiger partial charge in [-0.05, 0) is 25.7 Å². The van der Waals surface area contributed by atoms with Gasteiger partial charge in [0.15, 0.2) is 0 Å². The third-order valence-corrected chi connectivity index (χ3v) is 19.7. The van der Waals surface area contributed by atoms with Crippen LogP contribution in [0.3, 0.4) is 0 Å². The van der Waals surface area contributed by atoms with Crippen LogP contribution in [-0.2, 0) is 19.4 Å². The van der Waals surface area contributed by atoms with Crippen LogP contribution in [-0.4, -0.2) is 110 Å². The quantitative estimate of drug-likeness (QED) is 0.347. The fraction of sp³-hybridized carbons (Fsp3) is 1.00. The summed E-state index contributed by atoms with van der Waals surface area (Å²) in [4.78, 5) is 25.6. The van der Waals surface area contributed by atoms with Crippen molar-refractivity contribution in [2.24, 2.45) is 0 Å². The molecule has 168 valence electrons. The van der Waals surface area contributed by atoms with Crippen molar-refractivity contribution in [1.29, 1.82) is 0 Å². The molecule has 0 aliphatic carbocycles. The lowest BCUT2D eigenvalue weighted by Gasteiger charge is -2.52. The lowest BCUT2D eigenvalue weighted by molar-refractivity contribution is -1.12. The monoisotopic (exact) mass is 472 g/mol. The Morgan fingerprint density at radius 2 is 0.607 bits per heavy atom. The van der Waals surface area contributed by atoms with E-state index in [-0.39, 0.29) is 0 Å². The Bertz CT molecular complexity index is 376. The second-order valence-electron chi connectivity index (χ2n) is 8.42. The molecule has 0 aromatic heterocycles. The summed E-state index contributed by atoms with van der Waals surface area (Å²) in [5.41, 5.74) is 0. The van der Waals surface area contributed by atoms with Gasteiger partial charge in [0.25, 0.3) is 0 Å². The van der Waals surface area contributed by atoms with Crippen LogP contribution in [0.15, 0.2) is 0 Å². The summed E-state index contributed by atoms with van der Waals surface area (Å²) in [6.45, 7) is 13.5. The van der Waals surface area contributed by atoms with E-state index in [9.17, 15) is 0 Å². The van der Waals surface area contributed by atoms with Crippen molar-refractivity contribution in [1.82, 2.24) is 0 Å². The molecule has 28 heavy (non-hydrogen) atoms. The lowest BCUT2D eigenvalue weighted by Crippen LogP contribution is -2.83. The van der Waals surface area contributed by atoms with Crippen molar-refractivity contribution >= 4 is 39.4 Å². The lowest BCUT2D eigenvalue weighted by atomic mass is 10.5. The van der Waals surface area contributed by atoms with Crippen LogP contribution in [0.25, 0.3) is 0 Å². The zero-order valence-corrected chi connectivity index (χ0v) is 25.6. The molecule has 1 aliphatic rings. The van der Waals surface area contributed by atoms with Gasteiger partial charge in [-0.3, -0.25) is 0 Å². The van der Waals surface area contributed by atoms with Gasteiger partial charge in [0.2, 0.25) is 0 Å². The average molecular weight is 473 g/mol. The molecule has 1 fully saturated rings. The van der Waals surface area contributed by atoms with Crippen LogP contribution in [0.5, 0.6) is 0 Å². The average Bonchev–Trinajstić information content (AvgIpc) is 2.67. The van der Waals surface area contributed by atoms with Gasteiger partial charge >= 0.3 is 39.4 Å². The third-order valence-electron chi connectivity index (χ3n) is 6.14. The predicted molar refractivity (Wildman–Crippen MR) is 124 cm³/mol. The minimum absolute atomic E-state index is 0.761. The first kappa shape index (κ1) is 26.6. The summed E-state index contributed by atoms with van der Waals surface area (Å²) in [5.74, 6) is 0. The molecule has 0 amide bonds. The molecular formula is C16H48N4O4Si4+4. The van der Waals surface area contributed by atoms with Crippen LogP contribution in [0.4, 0.5) is 0 Å². The van der Waals surface area contributed by atoms with E-state index in [1.807, 2.05) is 28.4 Å². The van der Waals surface area contributed by atoms with Gasteiger partial charge in [0.1, 0.15) is 0 Å². The molecule has 0 N–H and O–H groups in total. The first-order chi connectivity index (χ1) is 13.3. The van der Waals surface area contributed by atoms with E-state index in [1.54, 1.807) is 0 Å². The van der Waals surface area contributed by atoms with E-state index in [1.165, 1.54) is 0 Å². The largest absolute Gasteiger partial charge is 0.530 e. The Labute approximate surface area is 182 Å². The summed E-state index contributed by atoms with van der Waals surface area (Å²) in [5, 5.41) is 0. The zero-order chi connectivity index (χ0) is 21.3. The highest BCUT2D eigenvalue weighted by atomic mass is 28.4. The number of rotatable bonds is 12. The van der Waals surface area contributed by atoms with Crippen LogP contribution < -0.4 is 0 Å². The highest BCUT2D eigenvalue weighted by Gasteiger charge is 2.62. The first-order valence-corrected chi connectivity index (χ1v) is 16.0. The maximum Gasteiger partial charge on any atom is 0.530 e. The molecule has 1 aliphatic heterocycles. The van der Waals surface area contributed by atoms with Gasteiger partial charge in [0, 0.05) is 0 Å². The van der Waals surface area contributed by atoms with E-state index in [2.05, 4.69) is 27.7 Å². The number of hydroxylamine groups is 4. The standard InChI is InChI=1S/C16H48N4O4Si4/c1-9-13-17(21-5)25-18(22-6,14-10-2)27-20(24-8,16-12-4)28-19(23-7,26-17)15-11-3/h9-16,25-28H2,1-8H3/q+4. The van der Waals surface area contributed by atoms with Crippen molar-refractivity contribution in [2.45, 2.75) is 53.4 Å². The second kappa shape index (κ2) is 11.8. The van der Waals surface area contributed by atoms with Gasteiger partial charge in [0.05, 0.1) is 54.6 Å². The summed E-state index contributed by atoms with van der Waals surface area (Å²) in [6.07, 6.45) is 4.56. The Kier molecular flexibility index (Phi) is 11.2. The molecule has 0 radical (unpaired) electrons. The molecule has 0 bridgehead atoms. The Morgan fingerprint density at radius 3 is 0.714 bits per heavy atom. The van der Waals surface area contributed by atoms with Crippen molar-refractivity contribution < 1.29 is 35.3 Å². The predicted octanol–water partition coefficient (Wildman–Crippen LogP) is -0.852. The minimum Gasteiger partial charge on any atom is -0.235 e.